The predicted molar refractivity (Wildman–Crippen MR) is 76.2 cm³/mol. The molecule has 0 heterocycles. The SMILES string of the molecule is OC[C@@H](NSc1ccc(Cl)cc1)C(CC(F)(F)F)CC(F)(F)F. The van der Waals surface area contributed by atoms with Crippen LogP contribution < -0.4 is 4.72 Å². The molecule has 23 heavy (non-hydrogen) atoms. The summed E-state index contributed by atoms with van der Waals surface area (Å²) in [6, 6.07) is 4.80. The van der Waals surface area contributed by atoms with Gasteiger partial charge in [-0.25, -0.2) is 0 Å². The van der Waals surface area contributed by atoms with Gasteiger partial charge in [0.2, 0.25) is 0 Å². The van der Waals surface area contributed by atoms with Crippen LogP contribution in [0.4, 0.5) is 26.3 Å². The van der Waals surface area contributed by atoms with Crippen molar-refractivity contribution in [1.29, 1.82) is 0 Å². The number of benzene rings is 1. The first-order chi connectivity index (χ1) is 10.5. The summed E-state index contributed by atoms with van der Waals surface area (Å²) in [5.41, 5.74) is 0. The lowest BCUT2D eigenvalue weighted by molar-refractivity contribution is -0.176. The molecule has 0 saturated carbocycles. The van der Waals surface area contributed by atoms with Crippen molar-refractivity contribution in [3.05, 3.63) is 29.3 Å². The zero-order valence-electron chi connectivity index (χ0n) is 11.6. The number of hydrogen-bond donors (Lipinski definition) is 2. The van der Waals surface area contributed by atoms with Crippen molar-refractivity contribution in [2.75, 3.05) is 6.61 Å². The maximum atomic E-state index is 12.5. The second kappa shape index (κ2) is 8.46. The number of alkyl halides is 6. The summed E-state index contributed by atoms with van der Waals surface area (Å²) in [6.07, 6.45) is -12.8. The molecule has 0 aromatic heterocycles. The molecule has 0 saturated heterocycles. The minimum absolute atomic E-state index is 0.445. The van der Waals surface area contributed by atoms with Gasteiger partial charge in [-0.05, 0) is 42.1 Å². The fraction of sp³-hybridized carbons (Fsp3) is 0.538. The maximum Gasteiger partial charge on any atom is 0.389 e. The van der Waals surface area contributed by atoms with Gasteiger partial charge >= 0.3 is 12.4 Å². The predicted octanol–water partition coefficient (Wildman–Crippen LogP) is 4.82. The number of rotatable bonds is 7. The van der Waals surface area contributed by atoms with Crippen molar-refractivity contribution in [1.82, 2.24) is 4.72 Å². The summed E-state index contributed by atoms with van der Waals surface area (Å²) in [4.78, 5) is 0.547. The molecule has 0 amide bonds. The van der Waals surface area contributed by atoms with Gasteiger partial charge in [-0.2, -0.15) is 26.3 Å². The van der Waals surface area contributed by atoms with Gasteiger partial charge in [-0.1, -0.05) is 11.6 Å². The van der Waals surface area contributed by atoms with Crippen molar-refractivity contribution in [2.24, 2.45) is 5.92 Å². The Hall–Kier alpha value is -0.640. The molecular weight excluding hydrogens is 368 g/mol. The van der Waals surface area contributed by atoms with Crippen LogP contribution in [0.2, 0.25) is 5.02 Å². The van der Waals surface area contributed by atoms with Gasteiger partial charge in [0, 0.05) is 28.8 Å². The fourth-order valence-electron chi connectivity index (χ4n) is 1.88. The van der Waals surface area contributed by atoms with E-state index < -0.39 is 43.8 Å². The Kier molecular flexibility index (Phi) is 7.50. The van der Waals surface area contributed by atoms with Gasteiger partial charge in [0.1, 0.15) is 0 Å². The standard InChI is InChI=1S/C13H14ClF6NOS/c14-9-1-3-10(4-2-9)23-21-11(7-22)8(5-12(15,16)17)6-13(18,19)20/h1-4,8,11,21-22H,5-7H2/t11-/m1/s1. The second-order valence-corrected chi connectivity index (χ2v) is 6.21. The molecule has 2 nitrogen and oxygen atoms in total. The highest BCUT2D eigenvalue weighted by Crippen LogP contribution is 2.35. The molecule has 1 aromatic rings. The second-order valence-electron chi connectivity index (χ2n) is 4.86. The minimum atomic E-state index is -4.75. The van der Waals surface area contributed by atoms with E-state index in [1.807, 2.05) is 0 Å². The van der Waals surface area contributed by atoms with Crippen LogP contribution in [-0.4, -0.2) is 30.1 Å². The maximum absolute atomic E-state index is 12.5. The summed E-state index contributed by atoms with van der Waals surface area (Å²) in [7, 11) is 0. The molecule has 2 N–H and O–H groups in total. The third kappa shape index (κ3) is 8.69. The van der Waals surface area contributed by atoms with Crippen molar-refractivity contribution in [3.63, 3.8) is 0 Å². The highest BCUT2D eigenvalue weighted by Gasteiger charge is 2.42. The van der Waals surface area contributed by atoms with Crippen molar-refractivity contribution in [2.45, 2.75) is 36.1 Å². The molecule has 0 bridgehead atoms. The zero-order valence-corrected chi connectivity index (χ0v) is 13.2. The average Bonchev–Trinajstić information content (AvgIpc) is 2.37. The topological polar surface area (TPSA) is 32.3 Å². The van der Waals surface area contributed by atoms with Gasteiger partial charge in [0.05, 0.1) is 6.61 Å². The molecule has 0 radical (unpaired) electrons. The Labute approximate surface area is 138 Å². The van der Waals surface area contributed by atoms with Gasteiger partial charge in [-0.3, -0.25) is 4.72 Å². The molecule has 0 fully saturated rings. The number of aliphatic hydroxyl groups excluding tert-OH is 1. The van der Waals surface area contributed by atoms with E-state index in [2.05, 4.69) is 4.72 Å². The first kappa shape index (κ1) is 20.4. The Balaban J connectivity index is 2.76. The van der Waals surface area contributed by atoms with Gasteiger partial charge < -0.3 is 5.11 Å². The van der Waals surface area contributed by atoms with Crippen LogP contribution >= 0.6 is 23.5 Å². The van der Waals surface area contributed by atoms with Crippen LogP contribution in [0.1, 0.15) is 12.8 Å². The van der Waals surface area contributed by atoms with Gasteiger partial charge in [0.15, 0.2) is 0 Å². The van der Waals surface area contributed by atoms with E-state index in [1.54, 1.807) is 12.1 Å². The molecule has 132 valence electrons. The van der Waals surface area contributed by atoms with E-state index in [0.717, 1.165) is 11.9 Å². The average molecular weight is 382 g/mol. The first-order valence-electron chi connectivity index (χ1n) is 6.42. The van der Waals surface area contributed by atoms with E-state index in [9.17, 15) is 31.4 Å². The van der Waals surface area contributed by atoms with Gasteiger partial charge in [0.25, 0.3) is 0 Å². The minimum Gasteiger partial charge on any atom is -0.395 e. The number of halogens is 7. The molecule has 1 atom stereocenters. The van der Waals surface area contributed by atoms with Crippen LogP contribution in [-0.2, 0) is 0 Å². The molecular formula is C13H14ClF6NOS. The van der Waals surface area contributed by atoms with E-state index >= 15 is 0 Å². The number of aliphatic hydroxyl groups is 1. The lowest BCUT2D eigenvalue weighted by Gasteiger charge is -2.27. The van der Waals surface area contributed by atoms with Crippen LogP contribution in [0, 0.1) is 5.92 Å². The van der Waals surface area contributed by atoms with E-state index in [-0.39, 0.29) is 0 Å². The summed E-state index contributed by atoms with van der Waals surface area (Å²) >= 11 is 6.52. The number of nitrogens with one attached hydrogen (secondary N) is 1. The van der Waals surface area contributed by atoms with Crippen LogP contribution in [0.15, 0.2) is 29.2 Å². The lowest BCUT2D eigenvalue weighted by atomic mass is 9.93. The Morgan fingerprint density at radius 2 is 1.48 bits per heavy atom. The van der Waals surface area contributed by atoms with Crippen molar-refractivity contribution >= 4 is 23.5 Å². The quantitative estimate of drug-likeness (QED) is 0.524. The highest BCUT2D eigenvalue weighted by molar-refractivity contribution is 7.97. The lowest BCUT2D eigenvalue weighted by Crippen LogP contribution is -2.40. The molecule has 1 rings (SSSR count). The Morgan fingerprint density at radius 3 is 1.87 bits per heavy atom. The zero-order chi connectivity index (χ0) is 17.7. The van der Waals surface area contributed by atoms with E-state index in [4.69, 9.17) is 11.6 Å². The van der Waals surface area contributed by atoms with Crippen LogP contribution in [0.5, 0.6) is 0 Å². The molecule has 0 aliphatic rings. The third-order valence-electron chi connectivity index (χ3n) is 2.89. The monoisotopic (exact) mass is 381 g/mol. The molecule has 0 aliphatic heterocycles. The molecule has 1 aromatic carbocycles. The van der Waals surface area contributed by atoms with Crippen LogP contribution in [0.3, 0.4) is 0 Å². The molecule has 10 heteroatoms. The summed E-state index contributed by atoms with van der Waals surface area (Å²) < 4.78 is 77.4. The van der Waals surface area contributed by atoms with Crippen molar-refractivity contribution < 1.29 is 31.4 Å². The molecule has 0 spiro atoms. The Morgan fingerprint density at radius 1 is 1.00 bits per heavy atom. The van der Waals surface area contributed by atoms with Crippen LogP contribution in [0.25, 0.3) is 0 Å². The summed E-state index contributed by atoms with van der Waals surface area (Å²) in [6.45, 7) is -0.850. The van der Waals surface area contributed by atoms with E-state index in [1.165, 1.54) is 12.1 Å². The third-order valence-corrected chi connectivity index (χ3v) is 4.08. The fourth-order valence-corrected chi connectivity index (χ4v) is 2.83. The largest absolute Gasteiger partial charge is 0.395 e. The first-order valence-corrected chi connectivity index (χ1v) is 7.62. The molecule has 0 unspecified atom stereocenters. The highest BCUT2D eigenvalue weighted by atomic mass is 35.5. The van der Waals surface area contributed by atoms with Crippen molar-refractivity contribution in [3.8, 4) is 0 Å². The summed E-state index contributed by atoms with van der Waals surface area (Å²) in [5.74, 6) is -1.82. The van der Waals surface area contributed by atoms with Gasteiger partial charge in [-0.15, -0.1) is 0 Å². The smallest absolute Gasteiger partial charge is 0.389 e. The summed E-state index contributed by atoms with van der Waals surface area (Å²) in [5, 5.41) is 9.63. The normalized spacial score (nSPS) is 14.3. The number of hydrogen-bond acceptors (Lipinski definition) is 3. The van der Waals surface area contributed by atoms with E-state index in [0.29, 0.717) is 9.92 Å². The molecule has 0 aliphatic carbocycles. The Bertz CT molecular complexity index is 463.